The van der Waals surface area contributed by atoms with Gasteiger partial charge in [-0.1, -0.05) is 23.2 Å². The topological polar surface area (TPSA) is 64.6 Å². The highest BCUT2D eigenvalue weighted by atomic mass is 35.5. The lowest BCUT2D eigenvalue weighted by Crippen LogP contribution is -2.75. The summed E-state index contributed by atoms with van der Waals surface area (Å²) in [6, 6.07) is 10.8. The van der Waals surface area contributed by atoms with Crippen LogP contribution in [0.4, 0.5) is 4.39 Å². The molecular weight excluding hydrogens is 432 g/mol. The molecule has 158 valence electrons. The number of hydrogen-bond donors (Lipinski definition) is 1. The third kappa shape index (κ3) is 4.55. The van der Waals surface area contributed by atoms with Crippen molar-refractivity contribution in [3.63, 3.8) is 0 Å². The number of carbonyl (C=O) groups excluding carboxylic acids is 2. The van der Waals surface area contributed by atoms with E-state index in [0.717, 1.165) is 19.3 Å². The number of nitrogens with one attached hydrogen (secondary N) is 1. The first-order chi connectivity index (χ1) is 14.3. The quantitative estimate of drug-likeness (QED) is 0.605. The minimum Gasteiger partial charge on any atom is -0.486 e. The highest BCUT2D eigenvalue weighted by Gasteiger charge is 2.68. The monoisotopic (exact) mass is 451 g/mol. The summed E-state index contributed by atoms with van der Waals surface area (Å²) in [7, 11) is 0. The van der Waals surface area contributed by atoms with E-state index >= 15 is 0 Å². The van der Waals surface area contributed by atoms with E-state index < -0.39 is 5.82 Å². The van der Waals surface area contributed by atoms with E-state index in [1.54, 1.807) is 24.3 Å². The molecule has 1 N–H and O–H groups in total. The normalized spacial score (nSPS) is 23.7. The van der Waals surface area contributed by atoms with Gasteiger partial charge in [-0.15, -0.1) is 0 Å². The molecule has 0 spiro atoms. The summed E-state index contributed by atoms with van der Waals surface area (Å²) in [6.45, 7) is -0.151. The molecule has 30 heavy (non-hydrogen) atoms. The molecule has 0 aliphatic heterocycles. The molecule has 2 bridgehead atoms. The van der Waals surface area contributed by atoms with Gasteiger partial charge in [-0.25, -0.2) is 4.39 Å². The van der Waals surface area contributed by atoms with Crippen molar-refractivity contribution in [2.75, 3.05) is 13.2 Å². The third-order valence-corrected chi connectivity index (χ3v) is 6.13. The molecule has 5 nitrogen and oxygen atoms in total. The van der Waals surface area contributed by atoms with Gasteiger partial charge >= 0.3 is 0 Å². The van der Waals surface area contributed by atoms with Gasteiger partial charge in [0, 0.05) is 23.0 Å². The zero-order chi connectivity index (χ0) is 21.4. The van der Waals surface area contributed by atoms with Gasteiger partial charge in [0.1, 0.15) is 23.9 Å². The molecule has 3 fully saturated rings. The number of benzene rings is 2. The van der Waals surface area contributed by atoms with Crippen LogP contribution in [0.2, 0.25) is 10.0 Å². The first-order valence-corrected chi connectivity index (χ1v) is 10.3. The molecule has 1 amide bonds. The van der Waals surface area contributed by atoms with Crippen LogP contribution in [0.5, 0.6) is 11.5 Å². The van der Waals surface area contributed by atoms with Crippen molar-refractivity contribution in [3.05, 3.63) is 58.3 Å². The van der Waals surface area contributed by atoms with Crippen LogP contribution < -0.4 is 14.8 Å². The van der Waals surface area contributed by atoms with E-state index in [1.807, 2.05) is 0 Å². The molecule has 0 atom stereocenters. The number of halogens is 3. The van der Waals surface area contributed by atoms with Crippen molar-refractivity contribution in [1.29, 1.82) is 0 Å². The van der Waals surface area contributed by atoms with Gasteiger partial charge < -0.3 is 14.8 Å². The van der Waals surface area contributed by atoms with Crippen LogP contribution in [0.15, 0.2) is 42.5 Å². The maximum absolute atomic E-state index is 13.2. The summed E-state index contributed by atoms with van der Waals surface area (Å²) in [6.07, 6.45) is 2.74. The highest BCUT2D eigenvalue weighted by Crippen LogP contribution is 2.68. The number of ether oxygens (including phenoxy) is 2. The number of ketones is 1. The van der Waals surface area contributed by atoms with Crippen molar-refractivity contribution in [3.8, 4) is 11.5 Å². The molecule has 0 unspecified atom stereocenters. The lowest BCUT2D eigenvalue weighted by atomic mass is 9.38. The van der Waals surface area contributed by atoms with Crippen LogP contribution in [-0.2, 0) is 9.59 Å². The smallest absolute Gasteiger partial charge is 0.258 e. The van der Waals surface area contributed by atoms with Crippen LogP contribution in [-0.4, -0.2) is 30.4 Å². The largest absolute Gasteiger partial charge is 0.486 e. The van der Waals surface area contributed by atoms with Gasteiger partial charge in [-0.3, -0.25) is 9.59 Å². The van der Waals surface area contributed by atoms with E-state index in [1.165, 1.54) is 18.2 Å². The Hall–Kier alpha value is -2.31. The zero-order valence-electron chi connectivity index (χ0n) is 16.1. The molecule has 5 rings (SSSR count). The van der Waals surface area contributed by atoms with Crippen LogP contribution >= 0.6 is 23.2 Å². The molecule has 2 aromatic carbocycles. The lowest BCUT2D eigenvalue weighted by molar-refractivity contribution is -0.173. The molecule has 3 saturated carbocycles. The summed E-state index contributed by atoms with van der Waals surface area (Å²) in [4.78, 5) is 24.4. The summed E-state index contributed by atoms with van der Waals surface area (Å²) in [5.41, 5.74) is -0.267. The van der Waals surface area contributed by atoms with Crippen LogP contribution in [0, 0.1) is 11.2 Å². The Bertz CT molecular complexity index is 960. The Morgan fingerprint density at radius 2 is 1.60 bits per heavy atom. The summed E-state index contributed by atoms with van der Waals surface area (Å²) < 4.78 is 24.0. The predicted molar refractivity (Wildman–Crippen MR) is 111 cm³/mol. The minimum absolute atomic E-state index is 0.0267. The maximum Gasteiger partial charge on any atom is 0.258 e. The van der Waals surface area contributed by atoms with E-state index in [4.69, 9.17) is 32.7 Å². The maximum atomic E-state index is 13.2. The van der Waals surface area contributed by atoms with Crippen molar-refractivity contribution in [1.82, 2.24) is 5.32 Å². The lowest BCUT2D eigenvalue weighted by Gasteiger charge is -2.70. The minimum atomic E-state index is -0.532. The standard InChI is InChI=1S/C22H20Cl2FNO4/c23-14-1-3-16(4-2-14)30-10-20(28)26-22-11-21(12-22,13-22)8-15(27)9-29-17-5-6-19(25)18(24)7-17/h1-7H,8-13H2,(H,26,28). The van der Waals surface area contributed by atoms with Gasteiger partial charge in [-0.2, -0.15) is 0 Å². The number of carbonyl (C=O) groups is 2. The molecule has 8 heteroatoms. The Morgan fingerprint density at radius 3 is 2.27 bits per heavy atom. The van der Waals surface area contributed by atoms with E-state index in [0.29, 0.717) is 22.9 Å². The number of rotatable bonds is 9. The fourth-order valence-corrected chi connectivity index (χ4v) is 4.83. The summed E-state index contributed by atoms with van der Waals surface area (Å²) in [5, 5.41) is 3.58. The van der Waals surface area contributed by atoms with Gasteiger partial charge in [0.15, 0.2) is 12.4 Å². The van der Waals surface area contributed by atoms with Crippen molar-refractivity contribution < 1.29 is 23.5 Å². The number of hydrogen-bond acceptors (Lipinski definition) is 4. The molecule has 0 saturated heterocycles. The third-order valence-electron chi connectivity index (χ3n) is 5.59. The Balaban J connectivity index is 1.17. The molecule has 2 aromatic rings. The SMILES string of the molecule is O=C(COc1ccc(F)c(Cl)c1)CC12CC(NC(=O)COc3ccc(Cl)cc3)(C1)C2. The second kappa shape index (κ2) is 8.08. The Labute approximate surface area is 183 Å². The first-order valence-electron chi connectivity index (χ1n) is 9.56. The van der Waals surface area contributed by atoms with Crippen molar-refractivity contribution >= 4 is 34.9 Å². The van der Waals surface area contributed by atoms with Crippen LogP contribution in [0.3, 0.4) is 0 Å². The fraction of sp³-hybridized carbons (Fsp3) is 0.364. The molecular formula is C22H20Cl2FNO4. The van der Waals surface area contributed by atoms with Gasteiger partial charge in [0.25, 0.3) is 5.91 Å². The predicted octanol–water partition coefficient (Wildman–Crippen LogP) is 4.59. The van der Waals surface area contributed by atoms with Gasteiger partial charge in [0.05, 0.1) is 5.02 Å². The van der Waals surface area contributed by atoms with Crippen LogP contribution in [0.25, 0.3) is 0 Å². The average Bonchev–Trinajstić information content (AvgIpc) is 2.66. The van der Waals surface area contributed by atoms with Crippen molar-refractivity contribution in [2.45, 2.75) is 31.2 Å². The second-order valence-corrected chi connectivity index (χ2v) is 9.03. The molecule has 0 radical (unpaired) electrons. The summed E-state index contributed by atoms with van der Waals surface area (Å²) in [5.74, 6) is 0.200. The van der Waals surface area contributed by atoms with Crippen LogP contribution in [0.1, 0.15) is 25.7 Å². The molecule has 3 aliphatic carbocycles. The van der Waals surface area contributed by atoms with E-state index in [9.17, 15) is 14.0 Å². The number of amides is 1. The fourth-order valence-electron chi connectivity index (χ4n) is 4.53. The summed E-state index contributed by atoms with van der Waals surface area (Å²) >= 11 is 11.5. The molecule has 0 aromatic heterocycles. The van der Waals surface area contributed by atoms with Crippen molar-refractivity contribution in [2.24, 2.45) is 5.41 Å². The van der Waals surface area contributed by atoms with E-state index in [2.05, 4.69) is 5.32 Å². The zero-order valence-corrected chi connectivity index (χ0v) is 17.6. The molecule has 3 aliphatic rings. The van der Waals surface area contributed by atoms with Gasteiger partial charge in [-0.05, 0) is 61.1 Å². The number of Topliss-reactive ketones (excluding diaryl/α,β-unsaturated/α-hetero) is 1. The average molecular weight is 452 g/mol. The van der Waals surface area contributed by atoms with E-state index in [-0.39, 0.29) is 40.9 Å². The first kappa shape index (κ1) is 20.9. The van der Waals surface area contributed by atoms with Gasteiger partial charge in [0.2, 0.25) is 0 Å². The highest BCUT2D eigenvalue weighted by molar-refractivity contribution is 6.31. The Kier molecular flexibility index (Phi) is 5.64. The Morgan fingerprint density at radius 1 is 0.967 bits per heavy atom. The molecule has 0 heterocycles. The second-order valence-electron chi connectivity index (χ2n) is 8.18.